The van der Waals surface area contributed by atoms with Crippen molar-refractivity contribution in [2.45, 2.75) is 13.5 Å². The number of aromatic nitrogens is 2. The fraction of sp³-hybridized carbons (Fsp3) is 0.389. The van der Waals surface area contributed by atoms with Gasteiger partial charge in [0.05, 0.1) is 6.61 Å². The van der Waals surface area contributed by atoms with Crippen LogP contribution in [0.2, 0.25) is 0 Å². The second-order valence-electron chi connectivity index (χ2n) is 5.72. The monoisotopic (exact) mass is 326 g/mol. The first kappa shape index (κ1) is 16.4. The van der Waals surface area contributed by atoms with Crippen LogP contribution in [0.25, 0.3) is 0 Å². The van der Waals surface area contributed by atoms with E-state index >= 15 is 0 Å². The molecule has 126 valence electrons. The Bertz CT molecular complexity index is 652. The topological polar surface area (TPSA) is 58.6 Å². The standard InChI is InChI=1S/C18H22N4O2/c1-2-24-17-7-6-15(13-20-17)14-21-9-11-22(12-10-21)18(23)16-5-3-4-8-19-16/h3-8,13H,2,9-12,14H2,1H3. The van der Waals surface area contributed by atoms with Crippen LogP contribution in [-0.4, -0.2) is 58.5 Å². The average Bonchev–Trinajstić information content (AvgIpc) is 2.64. The molecule has 0 bridgehead atoms. The molecule has 1 fully saturated rings. The maximum atomic E-state index is 12.4. The first-order valence-electron chi connectivity index (χ1n) is 8.26. The second-order valence-corrected chi connectivity index (χ2v) is 5.72. The Morgan fingerprint density at radius 2 is 1.96 bits per heavy atom. The van der Waals surface area contributed by atoms with Crippen LogP contribution in [0.5, 0.6) is 5.88 Å². The molecule has 6 heteroatoms. The Kier molecular flexibility index (Phi) is 5.38. The van der Waals surface area contributed by atoms with Crippen molar-refractivity contribution in [2.24, 2.45) is 0 Å². The summed E-state index contributed by atoms with van der Waals surface area (Å²) in [4.78, 5) is 25.0. The third-order valence-electron chi connectivity index (χ3n) is 4.04. The van der Waals surface area contributed by atoms with E-state index in [1.807, 2.05) is 42.3 Å². The molecule has 0 N–H and O–H groups in total. The van der Waals surface area contributed by atoms with Crippen molar-refractivity contribution in [3.8, 4) is 5.88 Å². The van der Waals surface area contributed by atoms with E-state index in [0.29, 0.717) is 18.2 Å². The van der Waals surface area contributed by atoms with Crippen LogP contribution >= 0.6 is 0 Å². The molecule has 3 rings (SSSR count). The van der Waals surface area contributed by atoms with Gasteiger partial charge in [0.2, 0.25) is 5.88 Å². The van der Waals surface area contributed by atoms with E-state index in [1.165, 1.54) is 0 Å². The highest BCUT2D eigenvalue weighted by Gasteiger charge is 2.22. The van der Waals surface area contributed by atoms with Gasteiger partial charge < -0.3 is 9.64 Å². The van der Waals surface area contributed by atoms with Gasteiger partial charge in [0.25, 0.3) is 5.91 Å². The summed E-state index contributed by atoms with van der Waals surface area (Å²) in [5.41, 5.74) is 1.67. The maximum Gasteiger partial charge on any atom is 0.272 e. The summed E-state index contributed by atoms with van der Waals surface area (Å²) in [5.74, 6) is 0.671. The zero-order chi connectivity index (χ0) is 16.8. The van der Waals surface area contributed by atoms with Crippen molar-refractivity contribution in [1.82, 2.24) is 19.8 Å². The van der Waals surface area contributed by atoms with Crippen molar-refractivity contribution < 1.29 is 9.53 Å². The first-order chi connectivity index (χ1) is 11.8. The van der Waals surface area contributed by atoms with E-state index in [9.17, 15) is 4.79 Å². The highest BCUT2D eigenvalue weighted by Crippen LogP contribution is 2.12. The van der Waals surface area contributed by atoms with E-state index in [2.05, 4.69) is 14.9 Å². The number of ether oxygens (including phenoxy) is 1. The maximum absolute atomic E-state index is 12.4. The van der Waals surface area contributed by atoms with Gasteiger partial charge >= 0.3 is 0 Å². The molecule has 1 saturated heterocycles. The van der Waals surface area contributed by atoms with E-state index in [1.54, 1.807) is 12.3 Å². The highest BCUT2D eigenvalue weighted by atomic mass is 16.5. The third kappa shape index (κ3) is 4.08. The van der Waals surface area contributed by atoms with Gasteiger partial charge in [-0.05, 0) is 24.6 Å². The molecule has 0 spiro atoms. The predicted molar refractivity (Wildman–Crippen MR) is 90.8 cm³/mol. The van der Waals surface area contributed by atoms with Gasteiger partial charge in [-0.3, -0.25) is 14.7 Å². The van der Waals surface area contributed by atoms with Crippen molar-refractivity contribution in [2.75, 3.05) is 32.8 Å². The summed E-state index contributed by atoms with van der Waals surface area (Å²) >= 11 is 0. The van der Waals surface area contributed by atoms with Crippen LogP contribution in [-0.2, 0) is 6.54 Å². The lowest BCUT2D eigenvalue weighted by molar-refractivity contribution is 0.0622. The SMILES string of the molecule is CCOc1ccc(CN2CCN(C(=O)c3ccccn3)CC2)cn1. The lowest BCUT2D eigenvalue weighted by Gasteiger charge is -2.34. The van der Waals surface area contributed by atoms with E-state index in [-0.39, 0.29) is 5.91 Å². The molecule has 0 atom stereocenters. The van der Waals surface area contributed by atoms with Crippen LogP contribution in [0, 0.1) is 0 Å². The number of amides is 1. The number of hydrogen-bond acceptors (Lipinski definition) is 5. The number of rotatable bonds is 5. The van der Waals surface area contributed by atoms with Gasteiger partial charge in [0, 0.05) is 51.2 Å². The van der Waals surface area contributed by atoms with E-state index in [0.717, 1.165) is 38.3 Å². The quantitative estimate of drug-likeness (QED) is 0.839. The molecular formula is C18H22N4O2. The molecule has 24 heavy (non-hydrogen) atoms. The van der Waals surface area contributed by atoms with E-state index < -0.39 is 0 Å². The minimum Gasteiger partial charge on any atom is -0.478 e. The molecular weight excluding hydrogens is 304 g/mol. The van der Waals surface area contributed by atoms with Crippen LogP contribution in [0.4, 0.5) is 0 Å². The normalized spacial score (nSPS) is 15.3. The van der Waals surface area contributed by atoms with Crippen molar-refractivity contribution in [3.05, 3.63) is 54.0 Å². The van der Waals surface area contributed by atoms with Crippen molar-refractivity contribution in [3.63, 3.8) is 0 Å². The van der Waals surface area contributed by atoms with Crippen molar-refractivity contribution in [1.29, 1.82) is 0 Å². The molecule has 0 radical (unpaired) electrons. The van der Waals surface area contributed by atoms with Gasteiger partial charge in [-0.2, -0.15) is 0 Å². The molecule has 1 aliphatic rings. The second kappa shape index (κ2) is 7.88. The average molecular weight is 326 g/mol. The summed E-state index contributed by atoms with van der Waals surface area (Å²) in [6.07, 6.45) is 3.51. The van der Waals surface area contributed by atoms with Gasteiger partial charge in [0.15, 0.2) is 0 Å². The van der Waals surface area contributed by atoms with Gasteiger partial charge in [-0.15, -0.1) is 0 Å². The minimum atomic E-state index is 0.0120. The van der Waals surface area contributed by atoms with Crippen LogP contribution < -0.4 is 4.74 Å². The van der Waals surface area contributed by atoms with Crippen LogP contribution in [0.1, 0.15) is 23.0 Å². The zero-order valence-electron chi connectivity index (χ0n) is 13.9. The number of carbonyl (C=O) groups is 1. The Hall–Kier alpha value is -2.47. The summed E-state index contributed by atoms with van der Waals surface area (Å²) in [5, 5.41) is 0. The van der Waals surface area contributed by atoms with Crippen molar-refractivity contribution >= 4 is 5.91 Å². The first-order valence-corrected chi connectivity index (χ1v) is 8.26. The summed E-state index contributed by atoms with van der Waals surface area (Å²) in [6.45, 7) is 6.56. The minimum absolute atomic E-state index is 0.0120. The molecule has 0 aliphatic carbocycles. The van der Waals surface area contributed by atoms with Gasteiger partial charge in [-0.1, -0.05) is 12.1 Å². The van der Waals surface area contributed by atoms with Crippen LogP contribution in [0.15, 0.2) is 42.7 Å². The lowest BCUT2D eigenvalue weighted by atomic mass is 10.2. The molecule has 0 aromatic carbocycles. The molecule has 2 aromatic heterocycles. The fourth-order valence-electron chi connectivity index (χ4n) is 2.76. The predicted octanol–water partition coefficient (Wildman–Crippen LogP) is 1.83. The molecule has 0 saturated carbocycles. The molecule has 6 nitrogen and oxygen atoms in total. The smallest absolute Gasteiger partial charge is 0.272 e. The molecule has 1 amide bonds. The van der Waals surface area contributed by atoms with E-state index in [4.69, 9.17) is 4.74 Å². The molecule has 2 aromatic rings. The summed E-state index contributed by atoms with van der Waals surface area (Å²) in [7, 11) is 0. The molecule has 1 aliphatic heterocycles. The lowest BCUT2D eigenvalue weighted by Crippen LogP contribution is -2.48. The number of pyridine rings is 2. The Balaban J connectivity index is 1.51. The summed E-state index contributed by atoms with van der Waals surface area (Å²) < 4.78 is 5.36. The fourth-order valence-corrected chi connectivity index (χ4v) is 2.76. The Morgan fingerprint density at radius 1 is 1.12 bits per heavy atom. The number of nitrogens with zero attached hydrogens (tertiary/aromatic N) is 4. The zero-order valence-corrected chi connectivity index (χ0v) is 13.9. The molecule has 0 unspecified atom stereocenters. The van der Waals surface area contributed by atoms with Crippen LogP contribution in [0.3, 0.4) is 0 Å². The number of carbonyl (C=O) groups excluding carboxylic acids is 1. The summed E-state index contributed by atoms with van der Waals surface area (Å²) in [6, 6.07) is 9.37. The highest BCUT2D eigenvalue weighted by molar-refractivity contribution is 5.92. The largest absolute Gasteiger partial charge is 0.478 e. The van der Waals surface area contributed by atoms with Gasteiger partial charge in [0.1, 0.15) is 5.69 Å². The number of piperazine rings is 1. The van der Waals surface area contributed by atoms with Gasteiger partial charge in [-0.25, -0.2) is 4.98 Å². The third-order valence-corrected chi connectivity index (χ3v) is 4.04. The molecule has 3 heterocycles. The Morgan fingerprint density at radius 3 is 2.58 bits per heavy atom. The Labute approximate surface area is 142 Å². The number of hydrogen-bond donors (Lipinski definition) is 0.